The lowest BCUT2D eigenvalue weighted by molar-refractivity contribution is -0.161. The lowest BCUT2D eigenvalue weighted by Gasteiger charge is -2.23. The third-order valence-corrected chi connectivity index (χ3v) is 3.61. The average Bonchev–Trinajstić information content (AvgIpc) is 2.35. The summed E-state index contributed by atoms with van der Waals surface area (Å²) in [6, 6.07) is 0. The molecular formula is C13H22F4O4S. The zero-order valence-corrected chi connectivity index (χ0v) is 13.7. The van der Waals surface area contributed by atoms with Gasteiger partial charge in [0.05, 0.1) is 12.0 Å². The summed E-state index contributed by atoms with van der Waals surface area (Å²) < 4.78 is 75.2. The number of esters is 1. The lowest BCUT2D eigenvalue weighted by atomic mass is 9.97. The molecule has 0 rings (SSSR count). The Kier molecular flexibility index (Phi) is 7.97. The van der Waals surface area contributed by atoms with Crippen molar-refractivity contribution in [1.82, 2.24) is 0 Å². The van der Waals surface area contributed by atoms with Crippen molar-refractivity contribution in [2.24, 2.45) is 5.41 Å². The highest BCUT2D eigenvalue weighted by Gasteiger charge is 2.60. The molecule has 0 saturated carbocycles. The van der Waals surface area contributed by atoms with Crippen LogP contribution in [-0.2, 0) is 20.6 Å². The zero-order valence-electron chi connectivity index (χ0n) is 12.8. The topological polar surface area (TPSA) is 63.6 Å². The first-order chi connectivity index (χ1) is 9.82. The van der Waals surface area contributed by atoms with E-state index in [0.29, 0.717) is 12.8 Å². The molecule has 0 aromatic carbocycles. The van der Waals surface area contributed by atoms with Gasteiger partial charge in [-0.3, -0.25) is 4.79 Å². The summed E-state index contributed by atoms with van der Waals surface area (Å²) in [5.74, 6) is -4.89. The molecule has 0 aromatic rings. The van der Waals surface area contributed by atoms with Crippen molar-refractivity contribution in [1.29, 1.82) is 0 Å². The molecule has 1 atom stereocenters. The Hall–Kier alpha value is -0.700. The van der Waals surface area contributed by atoms with Crippen LogP contribution in [0.2, 0.25) is 0 Å². The summed E-state index contributed by atoms with van der Waals surface area (Å²) in [7, 11) is 0. The Labute approximate surface area is 129 Å². The van der Waals surface area contributed by atoms with E-state index in [1.165, 1.54) is 0 Å². The summed E-state index contributed by atoms with van der Waals surface area (Å²) in [4.78, 5) is 11.4. The molecule has 0 radical (unpaired) electrons. The van der Waals surface area contributed by atoms with Gasteiger partial charge in [0, 0.05) is 6.42 Å². The van der Waals surface area contributed by atoms with Crippen LogP contribution in [0.25, 0.3) is 0 Å². The maximum atomic E-state index is 13.1. The summed E-state index contributed by atoms with van der Waals surface area (Å²) >= 11 is -3.91. The number of carbonyl (C=O) groups excluding carboxylic acids is 1. The SMILES string of the molecule is CC(C)(C)C(=O)OCCCCCCC(F)(F)C(F)(F)S(=O)O. The standard InChI is InChI=1S/C13H22F4O4S/c1-11(2,3)10(18)21-9-7-5-4-6-8-12(14,15)13(16,17)22(19)20/h4-9H2,1-3H3,(H,19,20). The Balaban J connectivity index is 3.91. The molecule has 22 heavy (non-hydrogen) atoms. The van der Waals surface area contributed by atoms with Gasteiger partial charge in [0.2, 0.25) is 11.1 Å². The average molecular weight is 350 g/mol. The van der Waals surface area contributed by atoms with E-state index in [2.05, 4.69) is 0 Å². The Morgan fingerprint density at radius 3 is 2.00 bits per heavy atom. The molecule has 9 heteroatoms. The van der Waals surface area contributed by atoms with Crippen LogP contribution >= 0.6 is 0 Å². The number of ether oxygens (including phenoxy) is 1. The number of alkyl halides is 4. The minimum atomic E-state index is -4.95. The molecular weight excluding hydrogens is 328 g/mol. The highest BCUT2D eigenvalue weighted by Crippen LogP contribution is 2.40. The fraction of sp³-hybridized carbons (Fsp3) is 0.923. The second kappa shape index (κ2) is 8.24. The van der Waals surface area contributed by atoms with Crippen LogP contribution in [0.15, 0.2) is 0 Å². The number of hydrogen-bond acceptors (Lipinski definition) is 3. The Bertz CT molecular complexity index is 394. The van der Waals surface area contributed by atoms with Crippen LogP contribution in [0.5, 0.6) is 0 Å². The second-order valence-corrected chi connectivity index (χ2v) is 7.03. The van der Waals surface area contributed by atoms with Gasteiger partial charge in [-0.1, -0.05) is 12.8 Å². The maximum absolute atomic E-state index is 13.1. The van der Waals surface area contributed by atoms with Crippen molar-refractivity contribution in [2.75, 3.05) is 6.61 Å². The molecule has 0 aromatic heterocycles. The van der Waals surface area contributed by atoms with Gasteiger partial charge < -0.3 is 9.29 Å². The number of halogens is 4. The van der Waals surface area contributed by atoms with Crippen LogP contribution < -0.4 is 0 Å². The minimum absolute atomic E-state index is 0.142. The van der Waals surface area contributed by atoms with Crippen LogP contribution in [0.4, 0.5) is 17.6 Å². The first-order valence-corrected chi connectivity index (χ1v) is 7.97. The fourth-order valence-corrected chi connectivity index (χ4v) is 1.81. The fourth-order valence-electron chi connectivity index (χ4n) is 1.46. The van der Waals surface area contributed by atoms with E-state index in [9.17, 15) is 26.6 Å². The third-order valence-electron chi connectivity index (χ3n) is 2.88. The molecule has 0 saturated heterocycles. The molecule has 0 aliphatic rings. The van der Waals surface area contributed by atoms with E-state index in [1.54, 1.807) is 20.8 Å². The highest BCUT2D eigenvalue weighted by molar-refractivity contribution is 7.80. The molecule has 1 N–H and O–H groups in total. The first-order valence-electron chi connectivity index (χ1n) is 6.86. The van der Waals surface area contributed by atoms with Crippen molar-refractivity contribution in [3.05, 3.63) is 0 Å². The van der Waals surface area contributed by atoms with Crippen molar-refractivity contribution < 1.29 is 35.9 Å². The van der Waals surface area contributed by atoms with E-state index in [0.717, 1.165) is 0 Å². The molecule has 0 heterocycles. The predicted octanol–water partition coefficient (Wildman–Crippen LogP) is 3.98. The summed E-state index contributed by atoms with van der Waals surface area (Å²) in [5, 5.41) is -4.95. The van der Waals surface area contributed by atoms with Gasteiger partial charge in [0.15, 0.2) is 0 Å². The molecule has 0 aliphatic heterocycles. The molecule has 0 amide bonds. The van der Waals surface area contributed by atoms with E-state index < -0.39 is 34.1 Å². The zero-order chi connectivity index (χ0) is 17.6. The largest absolute Gasteiger partial charge is 0.465 e. The number of carbonyl (C=O) groups is 1. The summed E-state index contributed by atoms with van der Waals surface area (Å²) in [5.41, 5.74) is -0.617. The van der Waals surface area contributed by atoms with E-state index in [1.807, 2.05) is 0 Å². The van der Waals surface area contributed by atoms with Gasteiger partial charge in [-0.2, -0.15) is 17.6 Å². The number of rotatable bonds is 9. The molecule has 0 aliphatic carbocycles. The van der Waals surface area contributed by atoms with Gasteiger partial charge in [-0.25, -0.2) is 4.21 Å². The summed E-state index contributed by atoms with van der Waals surface area (Å²) in [6.07, 6.45) is -0.283. The molecule has 1 unspecified atom stereocenters. The monoisotopic (exact) mass is 350 g/mol. The van der Waals surface area contributed by atoms with Crippen molar-refractivity contribution >= 4 is 17.0 Å². The molecule has 0 fully saturated rings. The van der Waals surface area contributed by atoms with Gasteiger partial charge in [0.1, 0.15) is 0 Å². The lowest BCUT2D eigenvalue weighted by Crippen LogP contribution is -2.43. The van der Waals surface area contributed by atoms with Gasteiger partial charge in [-0.05, 0) is 33.6 Å². The number of unbranched alkanes of at least 4 members (excludes halogenated alkanes) is 3. The third kappa shape index (κ3) is 6.60. The van der Waals surface area contributed by atoms with Crippen LogP contribution in [0, 0.1) is 5.41 Å². The van der Waals surface area contributed by atoms with Crippen LogP contribution in [0.3, 0.4) is 0 Å². The highest BCUT2D eigenvalue weighted by atomic mass is 32.2. The van der Waals surface area contributed by atoms with Crippen molar-refractivity contribution in [3.63, 3.8) is 0 Å². The quantitative estimate of drug-likeness (QED) is 0.296. The molecule has 0 bridgehead atoms. The Morgan fingerprint density at radius 2 is 1.55 bits per heavy atom. The summed E-state index contributed by atoms with van der Waals surface area (Å²) in [6.45, 7) is 5.23. The van der Waals surface area contributed by atoms with E-state index in [-0.39, 0.29) is 25.4 Å². The van der Waals surface area contributed by atoms with Gasteiger partial charge in [0.25, 0.3) is 0 Å². The Morgan fingerprint density at radius 1 is 1.05 bits per heavy atom. The number of hydrogen-bond donors (Lipinski definition) is 1. The van der Waals surface area contributed by atoms with Gasteiger partial charge >= 0.3 is 17.1 Å². The van der Waals surface area contributed by atoms with Crippen molar-refractivity contribution in [2.45, 2.75) is 64.1 Å². The molecule has 0 spiro atoms. The van der Waals surface area contributed by atoms with Crippen LogP contribution in [0.1, 0.15) is 52.9 Å². The van der Waals surface area contributed by atoms with Crippen LogP contribution in [-0.4, -0.2) is 32.5 Å². The van der Waals surface area contributed by atoms with Crippen molar-refractivity contribution in [3.8, 4) is 0 Å². The molecule has 132 valence electrons. The first kappa shape index (κ1) is 21.3. The second-order valence-electron chi connectivity index (χ2n) is 6.02. The maximum Gasteiger partial charge on any atom is 0.406 e. The smallest absolute Gasteiger partial charge is 0.406 e. The van der Waals surface area contributed by atoms with E-state index >= 15 is 0 Å². The predicted molar refractivity (Wildman–Crippen MR) is 74.2 cm³/mol. The molecule has 4 nitrogen and oxygen atoms in total. The minimum Gasteiger partial charge on any atom is -0.465 e. The van der Waals surface area contributed by atoms with E-state index in [4.69, 9.17) is 9.29 Å². The normalized spacial score (nSPS) is 14.7. The van der Waals surface area contributed by atoms with Gasteiger partial charge in [-0.15, -0.1) is 0 Å².